The molecule has 0 spiro atoms. The molecule has 5 nitrogen and oxygen atoms in total. The number of rotatable bonds is 5. The number of benzene rings is 1. The minimum absolute atomic E-state index is 0.124. The Hall–Kier alpha value is -2.25. The summed E-state index contributed by atoms with van der Waals surface area (Å²) in [5.74, 6) is -0.298. The van der Waals surface area contributed by atoms with Gasteiger partial charge < -0.3 is 16.0 Å². The van der Waals surface area contributed by atoms with Crippen LogP contribution in [0.25, 0.3) is 10.9 Å². The Labute approximate surface area is 159 Å². The van der Waals surface area contributed by atoms with Gasteiger partial charge in [-0.3, -0.25) is 9.59 Å². The molecule has 134 valence electrons. The molecule has 0 saturated carbocycles. The number of amides is 2. The van der Waals surface area contributed by atoms with Crippen LogP contribution in [0.15, 0.2) is 35.4 Å². The molecule has 26 heavy (non-hydrogen) atoms. The van der Waals surface area contributed by atoms with Crippen molar-refractivity contribution in [3.63, 3.8) is 0 Å². The van der Waals surface area contributed by atoms with Crippen molar-refractivity contribution in [2.24, 2.45) is 5.73 Å². The lowest BCUT2D eigenvalue weighted by Crippen LogP contribution is -2.19. The highest BCUT2D eigenvalue weighted by atomic mass is 32.2. The van der Waals surface area contributed by atoms with Crippen LogP contribution in [-0.2, 0) is 17.6 Å². The van der Waals surface area contributed by atoms with Crippen molar-refractivity contribution in [2.45, 2.75) is 30.6 Å². The minimum atomic E-state index is -0.455. The number of hydrogen-bond acceptors (Lipinski definition) is 4. The summed E-state index contributed by atoms with van der Waals surface area (Å²) in [6.45, 7) is 0. The number of H-pyrrole nitrogens is 1. The molecule has 4 N–H and O–H groups in total. The standard InChI is InChI=1S/C19H19N3O2S2/c20-18(24)17-12-6-2-4-8-14(12)26-19(17)22-16(23)10-25-15-9-21-13-7-3-1-5-11(13)15/h1,3,5,7,9,21H,2,4,6,8,10H2,(H2,20,24)(H,22,23). The van der Waals surface area contributed by atoms with Gasteiger partial charge in [-0.1, -0.05) is 18.2 Å². The maximum atomic E-state index is 12.4. The number of thiophene rings is 1. The van der Waals surface area contributed by atoms with Crippen molar-refractivity contribution in [3.05, 3.63) is 46.5 Å². The van der Waals surface area contributed by atoms with Crippen molar-refractivity contribution in [2.75, 3.05) is 11.1 Å². The second kappa shape index (κ2) is 7.17. The van der Waals surface area contributed by atoms with E-state index in [1.165, 1.54) is 28.0 Å². The summed E-state index contributed by atoms with van der Waals surface area (Å²) in [4.78, 5) is 29.8. The fourth-order valence-electron chi connectivity index (χ4n) is 3.38. The van der Waals surface area contributed by atoms with E-state index in [-0.39, 0.29) is 11.7 Å². The van der Waals surface area contributed by atoms with Crippen LogP contribution < -0.4 is 11.1 Å². The first-order valence-corrected chi connectivity index (χ1v) is 10.4. The van der Waals surface area contributed by atoms with Crippen molar-refractivity contribution in [1.29, 1.82) is 0 Å². The largest absolute Gasteiger partial charge is 0.365 e. The monoisotopic (exact) mass is 385 g/mol. The normalized spacial score (nSPS) is 13.5. The maximum Gasteiger partial charge on any atom is 0.251 e. The van der Waals surface area contributed by atoms with E-state index in [1.54, 1.807) is 0 Å². The Morgan fingerprint density at radius 1 is 1.23 bits per heavy atom. The number of para-hydroxylation sites is 1. The topological polar surface area (TPSA) is 88.0 Å². The molecule has 7 heteroatoms. The van der Waals surface area contributed by atoms with Crippen molar-refractivity contribution >= 4 is 50.8 Å². The summed E-state index contributed by atoms with van der Waals surface area (Å²) in [5, 5.41) is 4.62. The van der Waals surface area contributed by atoms with E-state index in [0.29, 0.717) is 10.6 Å². The predicted octanol–water partition coefficient (Wildman–Crippen LogP) is 3.94. The zero-order chi connectivity index (χ0) is 18.1. The fourth-order valence-corrected chi connectivity index (χ4v) is 5.53. The number of aromatic amines is 1. The number of fused-ring (bicyclic) bond motifs is 2. The summed E-state index contributed by atoms with van der Waals surface area (Å²) < 4.78 is 0. The number of carbonyl (C=O) groups excluding carboxylic acids is 2. The number of aryl methyl sites for hydroxylation is 1. The van der Waals surface area contributed by atoms with Gasteiger partial charge in [-0.05, 0) is 37.3 Å². The lowest BCUT2D eigenvalue weighted by Gasteiger charge is -2.11. The van der Waals surface area contributed by atoms with Crippen LogP contribution >= 0.6 is 23.1 Å². The van der Waals surface area contributed by atoms with Gasteiger partial charge in [-0.2, -0.15) is 0 Å². The van der Waals surface area contributed by atoms with E-state index in [1.807, 2.05) is 30.5 Å². The van der Waals surface area contributed by atoms with Crippen LogP contribution in [0.3, 0.4) is 0 Å². The number of nitrogens with two attached hydrogens (primary N) is 1. The Kier molecular flexibility index (Phi) is 4.74. The van der Waals surface area contributed by atoms with E-state index in [9.17, 15) is 9.59 Å². The van der Waals surface area contributed by atoms with Gasteiger partial charge >= 0.3 is 0 Å². The van der Waals surface area contributed by atoms with E-state index >= 15 is 0 Å². The molecule has 0 unspecified atom stereocenters. The summed E-state index contributed by atoms with van der Waals surface area (Å²) in [5.41, 5.74) is 8.18. The number of thioether (sulfide) groups is 1. The summed E-state index contributed by atoms with van der Waals surface area (Å²) in [6, 6.07) is 8.00. The molecule has 3 aromatic rings. The number of hydrogen-bond donors (Lipinski definition) is 3. The molecule has 0 radical (unpaired) electrons. The molecule has 4 rings (SSSR count). The average Bonchev–Trinajstić information content (AvgIpc) is 3.20. The first-order valence-electron chi connectivity index (χ1n) is 8.56. The summed E-state index contributed by atoms with van der Waals surface area (Å²) >= 11 is 2.97. The Morgan fingerprint density at radius 2 is 2.04 bits per heavy atom. The highest BCUT2D eigenvalue weighted by molar-refractivity contribution is 8.00. The number of primary amides is 1. The second-order valence-corrected chi connectivity index (χ2v) is 8.44. The zero-order valence-corrected chi connectivity index (χ0v) is 15.8. The van der Waals surface area contributed by atoms with Crippen LogP contribution in [0.1, 0.15) is 33.6 Å². The second-order valence-electron chi connectivity index (χ2n) is 6.31. The van der Waals surface area contributed by atoms with Gasteiger partial charge in [0.25, 0.3) is 5.91 Å². The van der Waals surface area contributed by atoms with E-state index in [0.717, 1.165) is 47.0 Å². The lowest BCUT2D eigenvalue weighted by molar-refractivity contribution is -0.113. The fraction of sp³-hybridized carbons (Fsp3) is 0.263. The Bertz CT molecular complexity index is 990. The van der Waals surface area contributed by atoms with Gasteiger partial charge in [0.2, 0.25) is 5.91 Å². The third-order valence-electron chi connectivity index (χ3n) is 4.58. The molecule has 1 aromatic carbocycles. The average molecular weight is 386 g/mol. The minimum Gasteiger partial charge on any atom is -0.365 e. The van der Waals surface area contributed by atoms with Crippen LogP contribution in [0.4, 0.5) is 5.00 Å². The molecular formula is C19H19N3O2S2. The summed E-state index contributed by atoms with van der Waals surface area (Å²) in [6.07, 6.45) is 5.93. The van der Waals surface area contributed by atoms with Crippen LogP contribution in [0.2, 0.25) is 0 Å². The number of nitrogens with one attached hydrogen (secondary N) is 2. The van der Waals surface area contributed by atoms with Gasteiger partial charge in [-0.15, -0.1) is 23.1 Å². The Balaban J connectivity index is 1.48. The van der Waals surface area contributed by atoms with E-state index in [2.05, 4.69) is 10.3 Å². The van der Waals surface area contributed by atoms with Crippen molar-refractivity contribution in [3.8, 4) is 0 Å². The van der Waals surface area contributed by atoms with Crippen LogP contribution in [0, 0.1) is 0 Å². The number of carbonyl (C=O) groups is 2. The van der Waals surface area contributed by atoms with Gasteiger partial charge in [0.1, 0.15) is 5.00 Å². The van der Waals surface area contributed by atoms with Gasteiger partial charge in [0, 0.05) is 26.9 Å². The molecule has 2 heterocycles. The quantitative estimate of drug-likeness (QED) is 0.581. The molecule has 2 amide bonds. The van der Waals surface area contributed by atoms with Gasteiger partial charge in [0.15, 0.2) is 0 Å². The van der Waals surface area contributed by atoms with Gasteiger partial charge in [-0.25, -0.2) is 0 Å². The molecule has 0 aliphatic heterocycles. The van der Waals surface area contributed by atoms with Crippen molar-refractivity contribution < 1.29 is 9.59 Å². The molecule has 0 bridgehead atoms. The zero-order valence-electron chi connectivity index (χ0n) is 14.1. The first kappa shape index (κ1) is 17.2. The molecule has 0 atom stereocenters. The number of anilines is 1. The Morgan fingerprint density at radius 3 is 2.88 bits per heavy atom. The van der Waals surface area contributed by atoms with E-state index in [4.69, 9.17) is 5.73 Å². The maximum absolute atomic E-state index is 12.4. The SMILES string of the molecule is NC(=O)c1c(NC(=O)CSc2c[nH]c3ccccc23)sc2c1CCCC2. The highest BCUT2D eigenvalue weighted by Crippen LogP contribution is 2.38. The third-order valence-corrected chi connectivity index (χ3v) is 6.84. The molecule has 0 fully saturated rings. The molecule has 2 aromatic heterocycles. The predicted molar refractivity (Wildman–Crippen MR) is 107 cm³/mol. The number of aromatic nitrogens is 1. The van der Waals surface area contributed by atoms with Crippen LogP contribution in [0.5, 0.6) is 0 Å². The van der Waals surface area contributed by atoms with E-state index < -0.39 is 5.91 Å². The smallest absolute Gasteiger partial charge is 0.251 e. The lowest BCUT2D eigenvalue weighted by atomic mass is 9.95. The molecule has 1 aliphatic carbocycles. The summed E-state index contributed by atoms with van der Waals surface area (Å²) in [7, 11) is 0. The molecular weight excluding hydrogens is 366 g/mol. The first-order chi connectivity index (χ1) is 12.6. The highest BCUT2D eigenvalue weighted by Gasteiger charge is 2.24. The molecule has 0 saturated heterocycles. The molecule has 1 aliphatic rings. The van der Waals surface area contributed by atoms with Gasteiger partial charge in [0.05, 0.1) is 11.3 Å². The third kappa shape index (κ3) is 3.24. The van der Waals surface area contributed by atoms with Crippen molar-refractivity contribution in [1.82, 2.24) is 4.98 Å². The van der Waals surface area contributed by atoms with Crippen LogP contribution in [-0.4, -0.2) is 22.6 Å².